The number of nitrogens with zero attached hydrogens (tertiary/aromatic N) is 1. The van der Waals surface area contributed by atoms with Crippen molar-refractivity contribution in [3.63, 3.8) is 0 Å². The van der Waals surface area contributed by atoms with Crippen LogP contribution in [0.15, 0.2) is 24.3 Å². The molecule has 1 heterocycles. The summed E-state index contributed by atoms with van der Waals surface area (Å²) in [6, 6.07) is 8.68. The topological polar surface area (TPSA) is 49.4 Å². The Morgan fingerprint density at radius 1 is 1.21 bits per heavy atom. The fourth-order valence-corrected chi connectivity index (χ4v) is 4.06. The van der Waals surface area contributed by atoms with Crippen molar-refractivity contribution >= 4 is 11.8 Å². The van der Waals surface area contributed by atoms with Gasteiger partial charge in [-0.25, -0.2) is 0 Å². The van der Waals surface area contributed by atoms with Crippen molar-refractivity contribution in [3.8, 4) is 0 Å². The predicted molar refractivity (Wildman–Crippen MR) is 94.8 cm³/mol. The maximum absolute atomic E-state index is 12.8. The van der Waals surface area contributed by atoms with E-state index in [0.717, 1.165) is 32.2 Å². The van der Waals surface area contributed by atoms with Crippen molar-refractivity contribution < 1.29 is 9.59 Å². The van der Waals surface area contributed by atoms with E-state index in [1.165, 1.54) is 17.5 Å². The van der Waals surface area contributed by atoms with Gasteiger partial charge in [-0.3, -0.25) is 9.59 Å². The fourth-order valence-electron chi connectivity index (χ4n) is 4.06. The zero-order valence-electron chi connectivity index (χ0n) is 14.6. The number of aryl methyl sites for hydroxylation is 1. The van der Waals surface area contributed by atoms with Crippen molar-refractivity contribution in [3.05, 3.63) is 35.4 Å². The first-order valence-corrected chi connectivity index (χ1v) is 9.32. The lowest BCUT2D eigenvalue weighted by Crippen LogP contribution is -2.49. The predicted octanol–water partition coefficient (Wildman–Crippen LogP) is 3.01. The summed E-state index contributed by atoms with van der Waals surface area (Å²) in [5, 5.41) is 3.04. The van der Waals surface area contributed by atoms with Gasteiger partial charge in [-0.05, 0) is 49.1 Å². The van der Waals surface area contributed by atoms with Crippen LogP contribution in [0.1, 0.15) is 62.5 Å². The van der Waals surface area contributed by atoms with Gasteiger partial charge in [-0.2, -0.15) is 0 Å². The second-order valence-corrected chi connectivity index (χ2v) is 7.09. The number of piperidine rings is 1. The van der Waals surface area contributed by atoms with Crippen molar-refractivity contribution in [2.45, 2.75) is 63.8 Å². The molecule has 2 atom stereocenters. The molecule has 2 aliphatic rings. The molecule has 24 heavy (non-hydrogen) atoms. The molecule has 1 aliphatic heterocycles. The molecular formula is C20H28N2O2. The molecule has 1 aliphatic carbocycles. The van der Waals surface area contributed by atoms with Crippen molar-refractivity contribution in [2.24, 2.45) is 0 Å². The molecule has 3 rings (SSSR count). The molecule has 1 N–H and O–H groups in total. The molecule has 0 saturated carbocycles. The van der Waals surface area contributed by atoms with Crippen LogP contribution in [0.4, 0.5) is 0 Å². The highest BCUT2D eigenvalue weighted by molar-refractivity contribution is 5.78. The Bertz CT molecular complexity index is 599. The van der Waals surface area contributed by atoms with Gasteiger partial charge in [0.05, 0.1) is 0 Å². The van der Waals surface area contributed by atoms with Gasteiger partial charge < -0.3 is 10.2 Å². The minimum absolute atomic E-state index is 0.0792. The summed E-state index contributed by atoms with van der Waals surface area (Å²) >= 11 is 0. The molecule has 4 heteroatoms. The van der Waals surface area contributed by atoms with Gasteiger partial charge >= 0.3 is 0 Å². The van der Waals surface area contributed by atoms with Gasteiger partial charge in [0.2, 0.25) is 11.8 Å². The van der Waals surface area contributed by atoms with Crippen LogP contribution < -0.4 is 5.32 Å². The van der Waals surface area contributed by atoms with Crippen LogP contribution in [0.25, 0.3) is 0 Å². The average Bonchev–Trinajstić information content (AvgIpc) is 2.62. The molecule has 0 radical (unpaired) electrons. The smallest absolute Gasteiger partial charge is 0.223 e. The average molecular weight is 328 g/mol. The van der Waals surface area contributed by atoms with Crippen molar-refractivity contribution in [1.29, 1.82) is 0 Å². The fraction of sp³-hybridized carbons (Fsp3) is 0.600. The van der Waals surface area contributed by atoms with Crippen LogP contribution in [0.3, 0.4) is 0 Å². The molecule has 1 saturated heterocycles. The second kappa shape index (κ2) is 7.82. The third kappa shape index (κ3) is 3.97. The van der Waals surface area contributed by atoms with E-state index in [0.29, 0.717) is 25.3 Å². The summed E-state index contributed by atoms with van der Waals surface area (Å²) in [4.78, 5) is 26.3. The molecule has 0 aromatic heterocycles. The number of rotatable bonds is 4. The summed E-state index contributed by atoms with van der Waals surface area (Å²) < 4.78 is 0. The Morgan fingerprint density at radius 2 is 2.04 bits per heavy atom. The third-order valence-electron chi connectivity index (χ3n) is 5.37. The molecule has 0 unspecified atom stereocenters. The lowest BCUT2D eigenvalue weighted by Gasteiger charge is -2.35. The van der Waals surface area contributed by atoms with Gasteiger partial charge in [0.1, 0.15) is 0 Å². The molecule has 1 aromatic rings. The van der Waals surface area contributed by atoms with E-state index in [1.54, 1.807) is 0 Å². The van der Waals surface area contributed by atoms with Crippen molar-refractivity contribution in [1.82, 2.24) is 10.2 Å². The molecule has 1 aromatic carbocycles. The summed E-state index contributed by atoms with van der Waals surface area (Å²) in [6.45, 7) is 3.35. The minimum Gasteiger partial charge on any atom is -0.352 e. The van der Waals surface area contributed by atoms with Crippen LogP contribution in [0.5, 0.6) is 0 Å². The van der Waals surface area contributed by atoms with E-state index in [2.05, 4.69) is 29.6 Å². The third-order valence-corrected chi connectivity index (χ3v) is 5.37. The molecule has 4 nitrogen and oxygen atoms in total. The van der Waals surface area contributed by atoms with Gasteiger partial charge in [0.25, 0.3) is 0 Å². The van der Waals surface area contributed by atoms with Gasteiger partial charge in [0.15, 0.2) is 0 Å². The Labute approximate surface area is 144 Å². The van der Waals surface area contributed by atoms with Crippen molar-refractivity contribution in [2.75, 3.05) is 13.1 Å². The van der Waals surface area contributed by atoms with E-state index in [9.17, 15) is 9.59 Å². The van der Waals surface area contributed by atoms with Gasteiger partial charge in [0, 0.05) is 32.0 Å². The quantitative estimate of drug-likeness (QED) is 0.923. The summed E-state index contributed by atoms with van der Waals surface area (Å²) in [5.41, 5.74) is 2.78. The number of nitrogens with one attached hydrogen (secondary N) is 1. The molecule has 1 fully saturated rings. The first kappa shape index (κ1) is 17.0. The zero-order valence-corrected chi connectivity index (χ0v) is 14.6. The Morgan fingerprint density at radius 3 is 2.88 bits per heavy atom. The highest BCUT2D eigenvalue weighted by Gasteiger charge is 2.28. The monoisotopic (exact) mass is 328 g/mol. The molecule has 0 spiro atoms. The highest BCUT2D eigenvalue weighted by Crippen LogP contribution is 2.34. The molecular weight excluding hydrogens is 300 g/mol. The number of carbonyl (C=O) groups is 2. The minimum atomic E-state index is 0.0792. The standard InChI is InChI=1S/C20H28N2O2/c1-2-19(23)21-17-10-6-12-22(14-17)20(24)13-16-9-5-8-15-7-3-4-11-18(15)16/h3-4,7,11,16-17H,2,5-6,8-10,12-14H2,1H3,(H,21,23)/t16-,17+/m0/s1. The first-order chi connectivity index (χ1) is 11.7. The van der Waals surface area contributed by atoms with Crippen LogP contribution in [-0.4, -0.2) is 35.8 Å². The first-order valence-electron chi connectivity index (χ1n) is 9.32. The lowest BCUT2D eigenvalue weighted by atomic mass is 9.81. The molecule has 0 bridgehead atoms. The van der Waals surface area contributed by atoms with E-state index in [4.69, 9.17) is 0 Å². The maximum atomic E-state index is 12.8. The van der Waals surface area contributed by atoms with Crippen LogP contribution >= 0.6 is 0 Å². The number of carbonyl (C=O) groups excluding carboxylic acids is 2. The summed E-state index contributed by atoms with van der Waals surface area (Å²) in [7, 11) is 0. The largest absolute Gasteiger partial charge is 0.352 e. The second-order valence-electron chi connectivity index (χ2n) is 7.09. The number of likely N-dealkylation sites (tertiary alicyclic amines) is 1. The van der Waals surface area contributed by atoms with E-state index in [1.807, 2.05) is 11.8 Å². The van der Waals surface area contributed by atoms with E-state index >= 15 is 0 Å². The van der Waals surface area contributed by atoms with Crippen LogP contribution in [0.2, 0.25) is 0 Å². The zero-order chi connectivity index (χ0) is 16.9. The summed E-state index contributed by atoms with van der Waals surface area (Å²) in [6.07, 6.45) is 6.46. The number of amides is 2. The maximum Gasteiger partial charge on any atom is 0.223 e. The highest BCUT2D eigenvalue weighted by atomic mass is 16.2. The van der Waals surface area contributed by atoms with Crippen LogP contribution in [-0.2, 0) is 16.0 Å². The SMILES string of the molecule is CCC(=O)N[C@@H]1CCCN(C(=O)C[C@@H]2CCCc3ccccc32)C1. The summed E-state index contributed by atoms with van der Waals surface area (Å²) in [5.74, 6) is 0.677. The normalized spacial score (nSPS) is 23.5. The number of hydrogen-bond donors (Lipinski definition) is 1. The Kier molecular flexibility index (Phi) is 5.54. The number of benzene rings is 1. The number of hydrogen-bond acceptors (Lipinski definition) is 2. The van der Waals surface area contributed by atoms with E-state index in [-0.39, 0.29) is 17.9 Å². The number of fused-ring (bicyclic) bond motifs is 1. The molecule has 2 amide bonds. The van der Waals surface area contributed by atoms with Crippen LogP contribution in [0, 0.1) is 0 Å². The van der Waals surface area contributed by atoms with Gasteiger partial charge in [-0.1, -0.05) is 31.2 Å². The molecule has 130 valence electrons. The Hall–Kier alpha value is -1.84. The van der Waals surface area contributed by atoms with E-state index < -0.39 is 0 Å². The van der Waals surface area contributed by atoms with Gasteiger partial charge in [-0.15, -0.1) is 0 Å². The Balaban J connectivity index is 1.60. The lowest BCUT2D eigenvalue weighted by molar-refractivity contribution is -0.134.